The minimum atomic E-state index is -0.261. The number of imidazole rings is 1. The van der Waals surface area contributed by atoms with Gasteiger partial charge in [-0.15, -0.1) is 0 Å². The van der Waals surface area contributed by atoms with Gasteiger partial charge in [-0.1, -0.05) is 12.5 Å². The minimum absolute atomic E-state index is 0.0492. The molecule has 43 heavy (non-hydrogen) atoms. The molecule has 3 aromatic rings. The fraction of sp³-hybridized carbons (Fsp3) is 0.515. The predicted octanol–water partition coefficient (Wildman–Crippen LogP) is 3.68. The Bertz CT molecular complexity index is 1590. The SMILES string of the molecule is CCOc1cc(C(C)N2CC3(CCC3)c3c(CN4CC5(CNC5)C4)cc(Cn4ccnc4NC)cc3C2=O)ncc1C#N. The lowest BCUT2D eigenvalue weighted by Crippen LogP contribution is -2.70. The maximum Gasteiger partial charge on any atom is 0.254 e. The number of nitrogens with zero attached hydrogens (tertiary/aromatic N) is 6. The van der Waals surface area contributed by atoms with Crippen molar-refractivity contribution in [2.75, 3.05) is 51.7 Å². The molecule has 10 heteroatoms. The van der Waals surface area contributed by atoms with Crippen molar-refractivity contribution >= 4 is 11.9 Å². The molecule has 2 spiro atoms. The lowest BCUT2D eigenvalue weighted by atomic mass is 9.59. The van der Waals surface area contributed by atoms with E-state index < -0.39 is 0 Å². The van der Waals surface area contributed by atoms with Gasteiger partial charge in [-0.05, 0) is 49.4 Å². The van der Waals surface area contributed by atoms with E-state index >= 15 is 0 Å². The predicted molar refractivity (Wildman–Crippen MR) is 163 cm³/mol. The standard InChI is InChI=1S/C33H40N8O2/c1-4-43-28-12-27(38-14-25(28)13-34)22(2)41-21-33(6-5-7-33)29-24(16-39-19-32(20-39)17-36-18-32)10-23(11-26(29)30(41)42)15-40-9-8-37-31(40)35-3/h8-12,14,22,36H,4-7,15-21H2,1-3H3,(H,35,37). The molecule has 3 aliphatic heterocycles. The van der Waals surface area contributed by atoms with E-state index in [0.29, 0.717) is 36.4 Å². The molecule has 224 valence electrons. The fourth-order valence-corrected chi connectivity index (χ4v) is 7.75. The number of nitrogens with one attached hydrogen (secondary N) is 2. The van der Waals surface area contributed by atoms with E-state index in [2.05, 4.69) is 48.3 Å². The fourth-order valence-electron chi connectivity index (χ4n) is 7.75. The summed E-state index contributed by atoms with van der Waals surface area (Å²) in [6.07, 6.45) is 8.66. The highest BCUT2D eigenvalue weighted by atomic mass is 16.5. The molecule has 4 aliphatic rings. The second-order valence-corrected chi connectivity index (χ2v) is 12.9. The summed E-state index contributed by atoms with van der Waals surface area (Å²) in [5.74, 6) is 1.37. The number of benzene rings is 1. The minimum Gasteiger partial charge on any atom is -0.492 e. The van der Waals surface area contributed by atoms with E-state index in [0.717, 1.165) is 68.3 Å². The van der Waals surface area contributed by atoms with Crippen molar-refractivity contribution in [3.05, 3.63) is 70.3 Å². The molecule has 1 aromatic carbocycles. The highest BCUT2D eigenvalue weighted by molar-refractivity contribution is 5.98. The number of amides is 1. The Balaban J connectivity index is 1.27. The maximum absolute atomic E-state index is 14.5. The molecule has 1 amide bonds. The first-order valence-electron chi connectivity index (χ1n) is 15.5. The second kappa shape index (κ2) is 10.6. The first-order chi connectivity index (χ1) is 20.9. The van der Waals surface area contributed by atoms with Crippen LogP contribution in [0.4, 0.5) is 5.95 Å². The summed E-state index contributed by atoms with van der Waals surface area (Å²) in [7, 11) is 1.88. The van der Waals surface area contributed by atoms with Gasteiger partial charge in [0.1, 0.15) is 17.4 Å². The van der Waals surface area contributed by atoms with Gasteiger partial charge in [-0.3, -0.25) is 14.7 Å². The van der Waals surface area contributed by atoms with E-state index in [-0.39, 0.29) is 17.4 Å². The van der Waals surface area contributed by atoms with Crippen molar-refractivity contribution in [2.24, 2.45) is 5.41 Å². The lowest BCUT2D eigenvalue weighted by molar-refractivity contribution is -0.0450. The number of rotatable bonds is 9. The van der Waals surface area contributed by atoms with Crippen LogP contribution in [0.25, 0.3) is 0 Å². The third kappa shape index (κ3) is 4.66. The number of carbonyl (C=O) groups excluding carboxylic acids is 1. The number of hydrogen-bond donors (Lipinski definition) is 2. The van der Waals surface area contributed by atoms with Crippen LogP contribution in [-0.2, 0) is 18.5 Å². The number of anilines is 1. The Morgan fingerprint density at radius 2 is 1.98 bits per heavy atom. The summed E-state index contributed by atoms with van der Waals surface area (Å²) in [5, 5.41) is 16.2. The Hall–Kier alpha value is -3.94. The molecule has 7 rings (SSSR count). The van der Waals surface area contributed by atoms with Crippen molar-refractivity contribution in [1.29, 1.82) is 5.26 Å². The molecule has 10 nitrogen and oxygen atoms in total. The van der Waals surface area contributed by atoms with Gasteiger partial charge in [0, 0.05) is 87.4 Å². The molecule has 0 radical (unpaired) electrons. The zero-order valence-electron chi connectivity index (χ0n) is 25.3. The van der Waals surface area contributed by atoms with Gasteiger partial charge in [0.2, 0.25) is 5.95 Å². The van der Waals surface area contributed by atoms with Crippen LogP contribution in [0.3, 0.4) is 0 Å². The van der Waals surface area contributed by atoms with Gasteiger partial charge >= 0.3 is 0 Å². The Morgan fingerprint density at radius 3 is 2.63 bits per heavy atom. The van der Waals surface area contributed by atoms with Crippen LogP contribution in [0.5, 0.6) is 5.75 Å². The van der Waals surface area contributed by atoms with Crippen molar-refractivity contribution < 1.29 is 9.53 Å². The summed E-state index contributed by atoms with van der Waals surface area (Å²) in [6, 6.07) is 8.22. The summed E-state index contributed by atoms with van der Waals surface area (Å²) >= 11 is 0. The third-order valence-electron chi connectivity index (χ3n) is 10.1. The largest absolute Gasteiger partial charge is 0.492 e. The monoisotopic (exact) mass is 580 g/mol. The number of nitriles is 1. The smallest absolute Gasteiger partial charge is 0.254 e. The molecule has 2 aromatic heterocycles. The Morgan fingerprint density at radius 1 is 1.16 bits per heavy atom. The van der Waals surface area contributed by atoms with Gasteiger partial charge in [0.25, 0.3) is 5.91 Å². The maximum atomic E-state index is 14.5. The zero-order valence-corrected chi connectivity index (χ0v) is 25.3. The molecule has 1 saturated carbocycles. The Labute approximate surface area is 253 Å². The molecule has 1 atom stereocenters. The molecular formula is C33H40N8O2. The van der Waals surface area contributed by atoms with Crippen molar-refractivity contribution in [2.45, 2.75) is 57.7 Å². The van der Waals surface area contributed by atoms with Crippen molar-refractivity contribution in [3.63, 3.8) is 0 Å². The number of ether oxygens (including phenoxy) is 1. The molecular weight excluding hydrogens is 540 g/mol. The molecule has 2 N–H and O–H groups in total. The van der Waals surface area contributed by atoms with Crippen LogP contribution in [0.15, 0.2) is 36.8 Å². The quantitative estimate of drug-likeness (QED) is 0.394. The van der Waals surface area contributed by atoms with Crippen LogP contribution >= 0.6 is 0 Å². The van der Waals surface area contributed by atoms with Gasteiger partial charge in [-0.2, -0.15) is 5.26 Å². The van der Waals surface area contributed by atoms with E-state index in [1.54, 1.807) is 12.4 Å². The van der Waals surface area contributed by atoms with E-state index in [1.165, 1.54) is 17.5 Å². The molecule has 1 aliphatic carbocycles. The number of aromatic nitrogens is 3. The number of fused-ring (bicyclic) bond motifs is 2. The van der Waals surface area contributed by atoms with E-state index in [9.17, 15) is 10.1 Å². The van der Waals surface area contributed by atoms with Crippen molar-refractivity contribution in [3.8, 4) is 11.8 Å². The highest BCUT2D eigenvalue weighted by Crippen LogP contribution is 2.52. The van der Waals surface area contributed by atoms with E-state index in [1.807, 2.05) is 38.1 Å². The van der Waals surface area contributed by atoms with Crippen LogP contribution in [0.1, 0.15) is 77.5 Å². The number of likely N-dealkylation sites (tertiary alicyclic amines) is 1. The summed E-state index contributed by atoms with van der Waals surface area (Å²) in [5.41, 5.74) is 6.05. The van der Waals surface area contributed by atoms with Gasteiger partial charge in [0.15, 0.2) is 0 Å². The van der Waals surface area contributed by atoms with Gasteiger partial charge in [-0.25, -0.2) is 4.98 Å². The molecule has 0 bridgehead atoms. The lowest BCUT2D eigenvalue weighted by Gasteiger charge is -2.57. The molecule has 2 saturated heterocycles. The van der Waals surface area contributed by atoms with Crippen molar-refractivity contribution in [1.82, 2.24) is 29.7 Å². The van der Waals surface area contributed by atoms with Gasteiger partial charge in [0.05, 0.1) is 24.9 Å². The Kier molecular flexibility index (Phi) is 6.90. The third-order valence-corrected chi connectivity index (χ3v) is 10.1. The second-order valence-electron chi connectivity index (χ2n) is 12.9. The molecule has 1 unspecified atom stereocenters. The first-order valence-corrected chi connectivity index (χ1v) is 15.5. The first kappa shape index (κ1) is 27.9. The van der Waals surface area contributed by atoms with Crippen LogP contribution in [0, 0.1) is 16.7 Å². The topological polar surface area (TPSA) is 111 Å². The summed E-state index contributed by atoms with van der Waals surface area (Å²) in [4.78, 5) is 28.1. The average Bonchev–Trinajstić information content (AvgIpc) is 3.40. The zero-order chi connectivity index (χ0) is 29.8. The average molecular weight is 581 g/mol. The highest BCUT2D eigenvalue weighted by Gasteiger charge is 2.51. The molecule has 3 fully saturated rings. The van der Waals surface area contributed by atoms with Crippen LogP contribution in [-0.4, -0.2) is 76.6 Å². The van der Waals surface area contributed by atoms with E-state index in [4.69, 9.17) is 4.74 Å². The normalized spacial score (nSPS) is 20.5. The summed E-state index contributed by atoms with van der Waals surface area (Å²) < 4.78 is 7.85. The number of pyridine rings is 1. The number of hydrogen-bond acceptors (Lipinski definition) is 8. The van der Waals surface area contributed by atoms with Crippen LogP contribution in [0.2, 0.25) is 0 Å². The van der Waals surface area contributed by atoms with Crippen LogP contribution < -0.4 is 15.4 Å². The molecule has 5 heterocycles. The van der Waals surface area contributed by atoms with Gasteiger partial charge < -0.3 is 24.8 Å². The summed E-state index contributed by atoms with van der Waals surface area (Å²) in [6.45, 7) is 11.0. The number of carbonyl (C=O) groups is 1.